The van der Waals surface area contributed by atoms with E-state index < -0.39 is 5.97 Å². The van der Waals surface area contributed by atoms with Crippen LogP contribution in [0.5, 0.6) is 0 Å². The predicted octanol–water partition coefficient (Wildman–Crippen LogP) is 3.05. The maximum Gasteiger partial charge on any atom is 0.328 e. The number of aliphatic carboxylic acids is 1. The van der Waals surface area contributed by atoms with E-state index in [1.54, 1.807) is 23.7 Å². The van der Waals surface area contributed by atoms with Gasteiger partial charge in [-0.2, -0.15) is 0 Å². The van der Waals surface area contributed by atoms with Crippen molar-refractivity contribution in [1.82, 2.24) is 9.97 Å². The summed E-state index contributed by atoms with van der Waals surface area (Å²) in [5.74, 6) is -0.341. The first-order valence-corrected chi connectivity index (χ1v) is 7.46. The van der Waals surface area contributed by atoms with Crippen molar-refractivity contribution in [2.75, 3.05) is 4.90 Å². The molecule has 0 unspecified atom stereocenters. The van der Waals surface area contributed by atoms with Crippen molar-refractivity contribution in [1.29, 1.82) is 0 Å². The predicted molar refractivity (Wildman–Crippen MR) is 84.3 cm³/mol. The largest absolute Gasteiger partial charge is 0.478 e. The van der Waals surface area contributed by atoms with E-state index >= 15 is 0 Å². The van der Waals surface area contributed by atoms with Gasteiger partial charge in [0.2, 0.25) is 5.95 Å². The Bertz CT molecular complexity index is 606. The fourth-order valence-electron chi connectivity index (χ4n) is 1.79. The van der Waals surface area contributed by atoms with Crippen LogP contribution in [0, 0.1) is 0 Å². The number of rotatable bonds is 6. The van der Waals surface area contributed by atoms with E-state index in [1.165, 1.54) is 11.0 Å². The zero-order valence-corrected chi connectivity index (χ0v) is 12.7. The summed E-state index contributed by atoms with van der Waals surface area (Å²) in [6.07, 6.45) is 5.81. The molecule has 0 aliphatic heterocycles. The second-order valence-corrected chi connectivity index (χ2v) is 5.82. The van der Waals surface area contributed by atoms with E-state index in [9.17, 15) is 4.79 Å². The number of carboxylic acids is 1. The molecule has 0 spiro atoms. The number of anilines is 1. The van der Waals surface area contributed by atoms with Gasteiger partial charge in [0.05, 0.1) is 6.54 Å². The SMILES string of the molecule is CC(C)N(Cc1cccs1)c1ncc(/C=C/C(=O)O)cn1. The molecule has 21 heavy (non-hydrogen) atoms. The quantitative estimate of drug-likeness (QED) is 0.831. The highest BCUT2D eigenvalue weighted by molar-refractivity contribution is 7.09. The van der Waals surface area contributed by atoms with Crippen LogP contribution in [0.4, 0.5) is 5.95 Å². The molecule has 0 saturated heterocycles. The molecule has 0 fully saturated rings. The van der Waals surface area contributed by atoms with Crippen LogP contribution in [0.3, 0.4) is 0 Å². The Hall–Kier alpha value is -2.21. The Morgan fingerprint density at radius 3 is 2.67 bits per heavy atom. The van der Waals surface area contributed by atoms with Crippen LogP contribution in [0.15, 0.2) is 36.0 Å². The van der Waals surface area contributed by atoms with Gasteiger partial charge in [0.15, 0.2) is 0 Å². The van der Waals surface area contributed by atoms with Crippen LogP contribution in [-0.4, -0.2) is 27.1 Å². The van der Waals surface area contributed by atoms with E-state index in [0.29, 0.717) is 11.5 Å². The van der Waals surface area contributed by atoms with Crippen LogP contribution < -0.4 is 4.90 Å². The summed E-state index contributed by atoms with van der Waals surface area (Å²) >= 11 is 1.70. The molecule has 6 heteroatoms. The van der Waals surface area contributed by atoms with Crippen molar-refractivity contribution >= 4 is 29.3 Å². The molecule has 5 nitrogen and oxygen atoms in total. The van der Waals surface area contributed by atoms with Gasteiger partial charge in [0.25, 0.3) is 0 Å². The first-order valence-electron chi connectivity index (χ1n) is 6.58. The van der Waals surface area contributed by atoms with Gasteiger partial charge < -0.3 is 10.0 Å². The van der Waals surface area contributed by atoms with Gasteiger partial charge in [-0.05, 0) is 31.4 Å². The highest BCUT2D eigenvalue weighted by atomic mass is 32.1. The lowest BCUT2D eigenvalue weighted by atomic mass is 10.3. The minimum absolute atomic E-state index is 0.271. The number of thiophene rings is 1. The molecular weight excluding hydrogens is 286 g/mol. The highest BCUT2D eigenvalue weighted by Gasteiger charge is 2.14. The standard InChI is InChI=1S/C15H17N3O2S/c1-11(2)18(10-13-4-3-7-21-13)15-16-8-12(9-17-15)5-6-14(19)20/h3-9,11H,10H2,1-2H3,(H,19,20)/b6-5+. The van der Waals surface area contributed by atoms with Crippen LogP contribution >= 0.6 is 11.3 Å². The average Bonchev–Trinajstić information content (AvgIpc) is 2.96. The van der Waals surface area contributed by atoms with Gasteiger partial charge in [-0.15, -0.1) is 11.3 Å². The lowest BCUT2D eigenvalue weighted by molar-refractivity contribution is -0.131. The fourth-order valence-corrected chi connectivity index (χ4v) is 2.49. The Labute approximate surface area is 127 Å². The molecule has 110 valence electrons. The van der Waals surface area contributed by atoms with Crippen molar-refractivity contribution in [2.45, 2.75) is 26.4 Å². The van der Waals surface area contributed by atoms with Crippen molar-refractivity contribution in [3.63, 3.8) is 0 Å². The molecule has 2 aromatic rings. The molecule has 0 radical (unpaired) electrons. The molecular formula is C15H17N3O2S. The minimum atomic E-state index is -0.986. The molecule has 0 atom stereocenters. The molecule has 0 aliphatic carbocycles. The minimum Gasteiger partial charge on any atom is -0.478 e. The van der Waals surface area contributed by atoms with Crippen molar-refractivity contribution in [3.05, 3.63) is 46.4 Å². The smallest absolute Gasteiger partial charge is 0.328 e. The van der Waals surface area contributed by atoms with Crippen molar-refractivity contribution < 1.29 is 9.90 Å². The second-order valence-electron chi connectivity index (χ2n) is 4.79. The van der Waals surface area contributed by atoms with Gasteiger partial charge in [0, 0.05) is 35.0 Å². The summed E-state index contributed by atoms with van der Waals surface area (Å²) in [5.41, 5.74) is 0.668. The Morgan fingerprint density at radius 1 is 1.43 bits per heavy atom. The van der Waals surface area contributed by atoms with Gasteiger partial charge >= 0.3 is 5.97 Å². The normalized spacial score (nSPS) is 11.2. The van der Waals surface area contributed by atoms with Gasteiger partial charge in [-0.1, -0.05) is 6.07 Å². The summed E-state index contributed by atoms with van der Waals surface area (Å²) in [6, 6.07) is 4.39. The Kier molecular flexibility index (Phi) is 5.05. The van der Waals surface area contributed by atoms with Crippen LogP contribution in [-0.2, 0) is 11.3 Å². The maximum absolute atomic E-state index is 10.5. The monoisotopic (exact) mass is 303 g/mol. The topological polar surface area (TPSA) is 66.3 Å². The molecule has 2 heterocycles. The number of nitrogens with zero attached hydrogens (tertiary/aromatic N) is 3. The van der Waals surface area contributed by atoms with Crippen LogP contribution in [0.25, 0.3) is 6.08 Å². The summed E-state index contributed by atoms with van der Waals surface area (Å²) < 4.78 is 0. The van der Waals surface area contributed by atoms with E-state index in [0.717, 1.165) is 12.6 Å². The average molecular weight is 303 g/mol. The van der Waals surface area contributed by atoms with E-state index in [4.69, 9.17) is 5.11 Å². The summed E-state index contributed by atoms with van der Waals surface area (Å²) in [7, 11) is 0. The first kappa shape index (κ1) is 15.2. The van der Waals surface area contributed by atoms with Gasteiger partial charge in [0.1, 0.15) is 0 Å². The fraction of sp³-hybridized carbons (Fsp3) is 0.267. The molecule has 2 aromatic heterocycles. The third kappa shape index (κ3) is 4.39. The number of carbonyl (C=O) groups is 1. The third-order valence-electron chi connectivity index (χ3n) is 2.86. The number of hydrogen-bond acceptors (Lipinski definition) is 5. The van der Waals surface area contributed by atoms with Gasteiger partial charge in [-0.3, -0.25) is 0 Å². The zero-order valence-electron chi connectivity index (χ0n) is 11.9. The summed E-state index contributed by atoms with van der Waals surface area (Å²) in [4.78, 5) is 22.5. The Balaban J connectivity index is 2.15. The maximum atomic E-state index is 10.5. The molecule has 1 N–H and O–H groups in total. The summed E-state index contributed by atoms with van der Waals surface area (Å²) in [5, 5.41) is 10.6. The first-order chi connectivity index (χ1) is 10.1. The van der Waals surface area contributed by atoms with E-state index in [-0.39, 0.29) is 6.04 Å². The third-order valence-corrected chi connectivity index (χ3v) is 3.72. The molecule has 0 amide bonds. The number of carboxylic acid groups (broad SMARTS) is 1. The lowest BCUT2D eigenvalue weighted by Gasteiger charge is -2.26. The van der Waals surface area contributed by atoms with Crippen molar-refractivity contribution in [2.24, 2.45) is 0 Å². The molecule has 0 bridgehead atoms. The molecule has 0 saturated carbocycles. The van der Waals surface area contributed by atoms with Crippen LogP contribution in [0.1, 0.15) is 24.3 Å². The van der Waals surface area contributed by atoms with Crippen LogP contribution in [0.2, 0.25) is 0 Å². The Morgan fingerprint density at radius 2 is 2.14 bits per heavy atom. The molecule has 0 aliphatic rings. The number of hydrogen-bond donors (Lipinski definition) is 1. The summed E-state index contributed by atoms with van der Waals surface area (Å²) in [6.45, 7) is 4.95. The van der Waals surface area contributed by atoms with Crippen molar-refractivity contribution in [3.8, 4) is 0 Å². The molecule has 0 aromatic carbocycles. The highest BCUT2D eigenvalue weighted by Crippen LogP contribution is 2.18. The lowest BCUT2D eigenvalue weighted by Crippen LogP contribution is -2.31. The van der Waals surface area contributed by atoms with E-state index in [1.807, 2.05) is 6.07 Å². The molecule has 2 rings (SSSR count). The second kappa shape index (κ2) is 6.99. The van der Waals surface area contributed by atoms with E-state index in [2.05, 4.69) is 40.2 Å². The zero-order chi connectivity index (χ0) is 15.2. The number of aromatic nitrogens is 2. The van der Waals surface area contributed by atoms with Gasteiger partial charge in [-0.25, -0.2) is 14.8 Å².